The number of carbonyl (C=O) groups is 1. The molecule has 0 unspecified atom stereocenters. The molecule has 0 N–H and O–H groups in total. The minimum absolute atomic E-state index is 0.0320. The van der Waals surface area contributed by atoms with E-state index in [1.165, 1.54) is 15.9 Å². The van der Waals surface area contributed by atoms with Crippen LogP contribution in [0.2, 0.25) is 0 Å². The molecule has 5 nitrogen and oxygen atoms in total. The molecule has 1 saturated heterocycles. The Bertz CT molecular complexity index is 712. The lowest BCUT2D eigenvalue weighted by Gasteiger charge is -2.16. The van der Waals surface area contributed by atoms with Crippen LogP contribution in [0.15, 0.2) is 0 Å². The van der Waals surface area contributed by atoms with E-state index < -0.39 is 6.43 Å². The van der Waals surface area contributed by atoms with Crippen molar-refractivity contribution in [3.63, 3.8) is 0 Å². The first-order valence-corrected chi connectivity index (χ1v) is 8.78. The van der Waals surface area contributed by atoms with Gasteiger partial charge in [-0.3, -0.25) is 4.79 Å². The van der Waals surface area contributed by atoms with Gasteiger partial charge in [0, 0.05) is 13.0 Å². The highest BCUT2D eigenvalue weighted by Crippen LogP contribution is 2.30. The second-order valence-electron chi connectivity index (χ2n) is 5.92. The zero-order chi connectivity index (χ0) is 16.6. The quantitative estimate of drug-likeness (QED) is 0.808. The highest BCUT2D eigenvalue weighted by Gasteiger charge is 2.32. The van der Waals surface area contributed by atoms with Crippen LogP contribution in [-0.2, 0) is 17.8 Å². The molecule has 2 aromatic rings. The molecule has 1 fully saturated rings. The van der Waals surface area contributed by atoms with E-state index in [1.807, 2.05) is 6.92 Å². The van der Waals surface area contributed by atoms with E-state index in [9.17, 15) is 13.6 Å². The van der Waals surface area contributed by atoms with Gasteiger partial charge in [-0.15, -0.1) is 0 Å². The van der Waals surface area contributed by atoms with Gasteiger partial charge in [-0.1, -0.05) is 31.6 Å². The van der Waals surface area contributed by atoms with E-state index in [2.05, 4.69) is 17.0 Å². The highest BCUT2D eigenvalue weighted by atomic mass is 32.1. The third kappa shape index (κ3) is 3.08. The fraction of sp³-hybridized carbons (Fsp3) is 0.667. The van der Waals surface area contributed by atoms with Crippen LogP contribution in [-0.4, -0.2) is 31.9 Å². The van der Waals surface area contributed by atoms with Crippen LogP contribution in [0.1, 0.15) is 55.9 Å². The number of likely N-dealkylation sites (tertiary alicyclic amines) is 1. The van der Waals surface area contributed by atoms with Gasteiger partial charge in [0.2, 0.25) is 10.9 Å². The zero-order valence-electron chi connectivity index (χ0n) is 13.3. The van der Waals surface area contributed by atoms with Crippen molar-refractivity contribution < 1.29 is 13.6 Å². The molecule has 1 atom stereocenters. The molecule has 0 spiro atoms. The average Bonchev–Trinajstić information content (AvgIpc) is 3.14. The van der Waals surface area contributed by atoms with Gasteiger partial charge in [0.1, 0.15) is 10.7 Å². The maximum atomic E-state index is 13.3. The molecule has 126 valence electrons. The molecule has 1 amide bonds. The first kappa shape index (κ1) is 16.3. The molecule has 0 saturated carbocycles. The third-order valence-corrected chi connectivity index (χ3v) is 5.26. The van der Waals surface area contributed by atoms with Crippen LogP contribution in [0.4, 0.5) is 8.78 Å². The Balaban J connectivity index is 1.90. The Morgan fingerprint density at radius 1 is 1.39 bits per heavy atom. The third-order valence-electron chi connectivity index (χ3n) is 4.21. The number of nitrogens with zero attached hydrogens (tertiary/aromatic N) is 4. The fourth-order valence-electron chi connectivity index (χ4n) is 3.10. The minimum atomic E-state index is -2.66. The van der Waals surface area contributed by atoms with Gasteiger partial charge in [-0.05, 0) is 18.8 Å². The van der Waals surface area contributed by atoms with Crippen LogP contribution in [0.5, 0.6) is 0 Å². The van der Waals surface area contributed by atoms with Crippen molar-refractivity contribution in [3.8, 4) is 0 Å². The van der Waals surface area contributed by atoms with Gasteiger partial charge in [-0.2, -0.15) is 5.10 Å². The van der Waals surface area contributed by atoms with Crippen molar-refractivity contribution in [3.05, 3.63) is 16.4 Å². The first-order chi connectivity index (χ1) is 11.0. The average molecular weight is 342 g/mol. The number of amides is 1. The molecule has 3 heterocycles. The fourth-order valence-corrected chi connectivity index (χ4v) is 3.96. The second kappa shape index (κ2) is 6.51. The Kier molecular flexibility index (Phi) is 4.61. The van der Waals surface area contributed by atoms with E-state index in [0.29, 0.717) is 29.5 Å². The van der Waals surface area contributed by atoms with Crippen LogP contribution in [0, 0.1) is 5.92 Å². The number of aromatic nitrogens is 3. The standard InChI is InChI=1S/C15H20F2N4OS/c1-3-5-9-6-12(22)20(7-9)8-10-13(14(16)17)18-15-21(10)19-11(4-2)23-15/h9,14H,3-8H2,1-2H3/t9-/m1/s1. The highest BCUT2D eigenvalue weighted by molar-refractivity contribution is 7.16. The number of halogens is 2. The van der Waals surface area contributed by atoms with E-state index in [1.54, 1.807) is 4.90 Å². The number of aryl methyl sites for hydroxylation is 1. The van der Waals surface area contributed by atoms with Crippen molar-refractivity contribution in [2.75, 3.05) is 6.54 Å². The SMILES string of the molecule is CCC[C@@H]1CC(=O)N(Cc2c(C(F)F)nc3sc(CC)nn23)C1. The van der Waals surface area contributed by atoms with Gasteiger partial charge >= 0.3 is 0 Å². The van der Waals surface area contributed by atoms with Gasteiger partial charge in [0.15, 0.2) is 0 Å². The second-order valence-corrected chi connectivity index (χ2v) is 6.96. The molecule has 1 aliphatic rings. The van der Waals surface area contributed by atoms with Crippen molar-refractivity contribution in [1.82, 2.24) is 19.5 Å². The molecule has 0 aromatic carbocycles. The van der Waals surface area contributed by atoms with Crippen LogP contribution >= 0.6 is 11.3 Å². The molecule has 0 radical (unpaired) electrons. The predicted molar refractivity (Wildman–Crippen MR) is 83.6 cm³/mol. The normalized spacial score (nSPS) is 18.7. The van der Waals surface area contributed by atoms with Gasteiger partial charge < -0.3 is 4.90 Å². The number of carbonyl (C=O) groups excluding carboxylic acids is 1. The smallest absolute Gasteiger partial charge is 0.282 e. The molecule has 1 aliphatic heterocycles. The summed E-state index contributed by atoms with van der Waals surface area (Å²) in [7, 11) is 0. The molecular weight excluding hydrogens is 322 g/mol. The molecule has 2 aromatic heterocycles. The number of fused-ring (bicyclic) bond motifs is 1. The first-order valence-electron chi connectivity index (χ1n) is 7.96. The predicted octanol–water partition coefficient (Wildman–Crippen LogP) is 3.44. The molecular formula is C15H20F2N4OS. The molecule has 0 bridgehead atoms. The summed E-state index contributed by atoms with van der Waals surface area (Å²) in [6.45, 7) is 4.84. The summed E-state index contributed by atoms with van der Waals surface area (Å²) in [6.07, 6.45) is 0.600. The largest absolute Gasteiger partial charge is 0.336 e. The van der Waals surface area contributed by atoms with Crippen molar-refractivity contribution in [2.45, 2.75) is 52.5 Å². The van der Waals surface area contributed by atoms with Gasteiger partial charge in [0.05, 0.1) is 12.2 Å². The summed E-state index contributed by atoms with van der Waals surface area (Å²) in [5, 5.41) is 5.21. The molecule has 8 heteroatoms. The minimum Gasteiger partial charge on any atom is -0.336 e. The maximum absolute atomic E-state index is 13.3. The maximum Gasteiger partial charge on any atom is 0.282 e. The molecule has 3 rings (SSSR count). The summed E-state index contributed by atoms with van der Waals surface area (Å²) < 4.78 is 28.1. The Hall–Kier alpha value is -1.57. The number of imidazole rings is 1. The van der Waals surface area contributed by atoms with Crippen molar-refractivity contribution >= 4 is 22.2 Å². The zero-order valence-corrected chi connectivity index (χ0v) is 14.1. The van der Waals surface area contributed by atoms with Crippen LogP contribution < -0.4 is 0 Å². The summed E-state index contributed by atoms with van der Waals surface area (Å²) in [5.41, 5.74) is 0.0922. The van der Waals surface area contributed by atoms with Crippen LogP contribution in [0.25, 0.3) is 4.96 Å². The number of alkyl halides is 2. The van der Waals surface area contributed by atoms with Crippen LogP contribution in [0.3, 0.4) is 0 Å². The van der Waals surface area contributed by atoms with E-state index >= 15 is 0 Å². The topological polar surface area (TPSA) is 50.5 Å². The summed E-state index contributed by atoms with van der Waals surface area (Å²) in [5.74, 6) is 0.358. The van der Waals surface area contributed by atoms with Gasteiger partial charge in [-0.25, -0.2) is 18.3 Å². The summed E-state index contributed by atoms with van der Waals surface area (Å²) in [4.78, 5) is 18.3. The lowest BCUT2D eigenvalue weighted by molar-refractivity contribution is -0.128. The molecule has 23 heavy (non-hydrogen) atoms. The van der Waals surface area contributed by atoms with E-state index in [4.69, 9.17) is 0 Å². The summed E-state index contributed by atoms with van der Waals surface area (Å²) >= 11 is 1.32. The molecule has 0 aliphatic carbocycles. The Morgan fingerprint density at radius 3 is 2.83 bits per heavy atom. The Morgan fingerprint density at radius 2 is 2.17 bits per heavy atom. The van der Waals surface area contributed by atoms with Crippen molar-refractivity contribution in [1.29, 1.82) is 0 Å². The number of hydrogen-bond acceptors (Lipinski definition) is 4. The van der Waals surface area contributed by atoms with Crippen molar-refractivity contribution in [2.24, 2.45) is 5.92 Å². The lowest BCUT2D eigenvalue weighted by atomic mass is 10.0. The number of rotatable bonds is 6. The summed E-state index contributed by atoms with van der Waals surface area (Å²) in [6, 6.07) is 0. The number of hydrogen-bond donors (Lipinski definition) is 0. The monoisotopic (exact) mass is 342 g/mol. The Labute approximate surface area is 137 Å². The van der Waals surface area contributed by atoms with E-state index in [-0.39, 0.29) is 18.1 Å². The van der Waals surface area contributed by atoms with Gasteiger partial charge in [0.25, 0.3) is 6.43 Å². The van der Waals surface area contributed by atoms with E-state index in [0.717, 1.165) is 24.3 Å². The lowest BCUT2D eigenvalue weighted by Crippen LogP contribution is -2.26.